The number of aliphatic hydroxyl groups excluding tert-OH is 1. The summed E-state index contributed by atoms with van der Waals surface area (Å²) in [6.07, 6.45) is 3.17. The summed E-state index contributed by atoms with van der Waals surface area (Å²) >= 11 is 1.11. The first-order chi connectivity index (χ1) is 10.9. The lowest BCUT2D eigenvalue weighted by Crippen LogP contribution is -2.55. The normalized spacial score (nSPS) is 23.2. The molecule has 130 valence electrons. The van der Waals surface area contributed by atoms with E-state index in [1.54, 1.807) is 23.3 Å². The molecular weight excluding hydrogens is 336 g/mol. The van der Waals surface area contributed by atoms with Crippen LogP contribution in [0.1, 0.15) is 39.5 Å². The smallest absolute Gasteiger partial charge is 0.250 e. The predicted molar refractivity (Wildman–Crippen MR) is 89.8 cm³/mol. The van der Waals surface area contributed by atoms with Crippen LogP contribution in [0, 0.1) is 0 Å². The summed E-state index contributed by atoms with van der Waals surface area (Å²) in [7, 11) is -3.69. The van der Waals surface area contributed by atoms with E-state index in [1.165, 1.54) is 6.07 Å². The number of sulfonamides is 1. The number of nitrogens with zero attached hydrogens (tertiary/aromatic N) is 1. The number of nitrogens with one attached hydrogen (secondary N) is 1. The Morgan fingerprint density at radius 2 is 2.30 bits per heavy atom. The Kier molecular flexibility index (Phi) is 5.83. The molecule has 8 heteroatoms. The van der Waals surface area contributed by atoms with Crippen molar-refractivity contribution in [3.63, 3.8) is 0 Å². The van der Waals surface area contributed by atoms with E-state index in [2.05, 4.69) is 4.72 Å². The number of amides is 1. The molecule has 0 saturated carbocycles. The summed E-state index contributed by atoms with van der Waals surface area (Å²) in [6, 6.07) is 2.31. The highest BCUT2D eigenvalue weighted by Crippen LogP contribution is 2.33. The van der Waals surface area contributed by atoms with E-state index >= 15 is 0 Å². The van der Waals surface area contributed by atoms with Crippen LogP contribution in [0.25, 0.3) is 0 Å². The number of likely N-dealkylation sites (tertiary alicyclic amines) is 1. The SMILES string of the molecule is CCCC1(CO)CCCN1C(=O)C(C)NS(=O)(=O)c1cccs1. The third kappa shape index (κ3) is 3.76. The largest absolute Gasteiger partial charge is 0.394 e. The van der Waals surface area contributed by atoms with Gasteiger partial charge in [0.25, 0.3) is 10.0 Å². The molecule has 1 aromatic rings. The number of hydrogen-bond acceptors (Lipinski definition) is 5. The molecule has 6 nitrogen and oxygen atoms in total. The molecule has 2 heterocycles. The van der Waals surface area contributed by atoms with Crippen LogP contribution in [0.15, 0.2) is 21.7 Å². The Hall–Kier alpha value is -0.960. The Labute approximate surface area is 141 Å². The van der Waals surface area contributed by atoms with E-state index in [-0.39, 0.29) is 16.7 Å². The van der Waals surface area contributed by atoms with Crippen molar-refractivity contribution < 1.29 is 18.3 Å². The maximum absolute atomic E-state index is 12.7. The Bertz CT molecular complexity index is 630. The predicted octanol–water partition coefficient (Wildman–Crippen LogP) is 1.57. The van der Waals surface area contributed by atoms with Crippen molar-refractivity contribution in [1.29, 1.82) is 0 Å². The van der Waals surface area contributed by atoms with Crippen molar-refractivity contribution in [3.05, 3.63) is 17.5 Å². The monoisotopic (exact) mass is 360 g/mol. The third-order valence-corrected chi connectivity index (χ3v) is 7.27. The van der Waals surface area contributed by atoms with Crippen molar-refractivity contribution in [1.82, 2.24) is 9.62 Å². The number of aliphatic hydroxyl groups is 1. The van der Waals surface area contributed by atoms with Gasteiger partial charge in [-0.2, -0.15) is 4.72 Å². The Morgan fingerprint density at radius 3 is 2.87 bits per heavy atom. The second kappa shape index (κ2) is 7.29. The second-order valence-corrected chi connectivity index (χ2v) is 8.89. The molecule has 1 amide bonds. The lowest BCUT2D eigenvalue weighted by molar-refractivity contribution is -0.138. The fourth-order valence-electron chi connectivity index (χ4n) is 3.24. The molecule has 0 radical (unpaired) electrons. The number of hydrogen-bond donors (Lipinski definition) is 2. The highest BCUT2D eigenvalue weighted by molar-refractivity contribution is 7.91. The fraction of sp³-hybridized carbons (Fsp3) is 0.667. The molecule has 1 aromatic heterocycles. The van der Waals surface area contributed by atoms with Crippen molar-refractivity contribution in [3.8, 4) is 0 Å². The lowest BCUT2D eigenvalue weighted by Gasteiger charge is -2.38. The van der Waals surface area contributed by atoms with Gasteiger partial charge in [0.05, 0.1) is 18.2 Å². The van der Waals surface area contributed by atoms with Crippen LogP contribution in [0.4, 0.5) is 0 Å². The van der Waals surface area contributed by atoms with Gasteiger partial charge < -0.3 is 10.0 Å². The highest BCUT2D eigenvalue weighted by atomic mass is 32.2. The minimum Gasteiger partial charge on any atom is -0.394 e. The molecule has 0 aliphatic carbocycles. The topological polar surface area (TPSA) is 86.7 Å². The summed E-state index contributed by atoms with van der Waals surface area (Å²) in [4.78, 5) is 14.4. The van der Waals surface area contributed by atoms with Crippen LogP contribution in [0.3, 0.4) is 0 Å². The van der Waals surface area contributed by atoms with Crippen LogP contribution in [-0.4, -0.2) is 49.1 Å². The second-order valence-electron chi connectivity index (χ2n) is 6.00. The van der Waals surface area contributed by atoms with E-state index < -0.39 is 21.6 Å². The van der Waals surface area contributed by atoms with Gasteiger partial charge in [-0.1, -0.05) is 19.4 Å². The molecule has 0 spiro atoms. The summed E-state index contributed by atoms with van der Waals surface area (Å²) in [5.74, 6) is -0.273. The van der Waals surface area contributed by atoms with E-state index in [0.29, 0.717) is 6.54 Å². The van der Waals surface area contributed by atoms with Crippen LogP contribution >= 0.6 is 11.3 Å². The molecule has 2 unspecified atom stereocenters. The van der Waals surface area contributed by atoms with Gasteiger partial charge in [0, 0.05) is 6.54 Å². The molecule has 1 aliphatic heterocycles. The molecule has 0 aromatic carbocycles. The van der Waals surface area contributed by atoms with Gasteiger partial charge in [-0.05, 0) is 37.6 Å². The molecule has 2 atom stereocenters. The zero-order valence-corrected chi connectivity index (χ0v) is 15.1. The first kappa shape index (κ1) is 18.4. The van der Waals surface area contributed by atoms with Gasteiger partial charge >= 0.3 is 0 Å². The van der Waals surface area contributed by atoms with Gasteiger partial charge in [-0.3, -0.25) is 4.79 Å². The van der Waals surface area contributed by atoms with E-state index in [4.69, 9.17) is 0 Å². The van der Waals surface area contributed by atoms with Crippen LogP contribution < -0.4 is 4.72 Å². The van der Waals surface area contributed by atoms with Gasteiger partial charge in [0.1, 0.15) is 4.21 Å². The van der Waals surface area contributed by atoms with Crippen molar-refractivity contribution in [2.75, 3.05) is 13.2 Å². The Balaban J connectivity index is 2.13. The van der Waals surface area contributed by atoms with E-state index in [9.17, 15) is 18.3 Å². The molecule has 1 saturated heterocycles. The van der Waals surface area contributed by atoms with Gasteiger partial charge in [-0.15, -0.1) is 11.3 Å². The van der Waals surface area contributed by atoms with Crippen LogP contribution in [0.5, 0.6) is 0 Å². The molecule has 2 rings (SSSR count). The lowest BCUT2D eigenvalue weighted by atomic mass is 9.91. The summed E-state index contributed by atoms with van der Waals surface area (Å²) in [6.45, 7) is 4.04. The summed E-state index contributed by atoms with van der Waals surface area (Å²) in [5.41, 5.74) is -0.547. The molecule has 1 fully saturated rings. The zero-order chi connectivity index (χ0) is 17.1. The van der Waals surface area contributed by atoms with Gasteiger partial charge in [0.15, 0.2) is 0 Å². The van der Waals surface area contributed by atoms with Crippen molar-refractivity contribution >= 4 is 27.3 Å². The average Bonchev–Trinajstić information content (AvgIpc) is 3.16. The molecule has 0 bridgehead atoms. The maximum atomic E-state index is 12.7. The highest BCUT2D eigenvalue weighted by Gasteiger charge is 2.44. The minimum atomic E-state index is -3.69. The summed E-state index contributed by atoms with van der Waals surface area (Å²) in [5, 5.41) is 11.5. The first-order valence-corrected chi connectivity index (χ1v) is 10.2. The Morgan fingerprint density at radius 1 is 1.57 bits per heavy atom. The fourth-order valence-corrected chi connectivity index (χ4v) is 5.45. The zero-order valence-electron chi connectivity index (χ0n) is 13.5. The van der Waals surface area contributed by atoms with Crippen LogP contribution in [0.2, 0.25) is 0 Å². The van der Waals surface area contributed by atoms with Gasteiger partial charge in [-0.25, -0.2) is 8.42 Å². The molecule has 1 aliphatic rings. The van der Waals surface area contributed by atoms with E-state index in [1.807, 2.05) is 6.92 Å². The molecule has 2 N–H and O–H groups in total. The number of carbonyl (C=O) groups excluding carboxylic acids is 1. The number of carbonyl (C=O) groups is 1. The standard InChI is InChI=1S/C15H24N2O4S2/c1-3-7-15(11-18)8-5-9-17(15)14(19)12(2)16-23(20,21)13-6-4-10-22-13/h4,6,10,12,16,18H,3,5,7-9,11H2,1-2H3. The number of rotatable bonds is 7. The quantitative estimate of drug-likeness (QED) is 0.773. The molecular formula is C15H24N2O4S2. The first-order valence-electron chi connectivity index (χ1n) is 7.84. The average molecular weight is 361 g/mol. The third-order valence-electron chi connectivity index (χ3n) is 4.33. The van der Waals surface area contributed by atoms with Crippen molar-refractivity contribution in [2.45, 2.75) is 55.3 Å². The number of thiophene rings is 1. The maximum Gasteiger partial charge on any atom is 0.250 e. The molecule has 23 heavy (non-hydrogen) atoms. The summed E-state index contributed by atoms with van der Waals surface area (Å²) < 4.78 is 27.2. The van der Waals surface area contributed by atoms with Crippen LogP contribution in [-0.2, 0) is 14.8 Å². The van der Waals surface area contributed by atoms with E-state index in [0.717, 1.165) is 37.0 Å². The van der Waals surface area contributed by atoms with Gasteiger partial charge in [0.2, 0.25) is 5.91 Å². The van der Waals surface area contributed by atoms with Crippen molar-refractivity contribution in [2.24, 2.45) is 0 Å². The minimum absolute atomic E-state index is 0.0863.